The van der Waals surface area contributed by atoms with Crippen LogP contribution in [-0.4, -0.2) is 25.2 Å². The molecule has 1 aromatic heterocycles. The molecule has 0 saturated carbocycles. The molecule has 0 spiro atoms. The molecule has 0 aliphatic carbocycles. The van der Waals surface area contributed by atoms with Crippen LogP contribution < -0.4 is 9.64 Å². The van der Waals surface area contributed by atoms with E-state index in [1.807, 2.05) is 36.5 Å². The second-order valence-electron chi connectivity index (χ2n) is 5.13. The summed E-state index contributed by atoms with van der Waals surface area (Å²) < 4.78 is 5.41. The maximum Gasteiger partial charge on any atom is 0.128 e. The Morgan fingerprint density at radius 1 is 1.24 bits per heavy atom. The van der Waals surface area contributed by atoms with Gasteiger partial charge in [0.05, 0.1) is 7.11 Å². The van der Waals surface area contributed by atoms with Gasteiger partial charge in [-0.1, -0.05) is 24.3 Å². The molecule has 4 heteroatoms. The third kappa shape index (κ3) is 3.88. The summed E-state index contributed by atoms with van der Waals surface area (Å²) in [6.07, 6.45) is 2.73. The number of likely N-dealkylation sites (N-methyl/N-ethyl adjacent to an activating group) is 1. The summed E-state index contributed by atoms with van der Waals surface area (Å²) in [5.74, 6) is 2.38. The van der Waals surface area contributed by atoms with Crippen LogP contribution in [0.2, 0.25) is 0 Å². The number of para-hydroxylation sites is 1. The first-order valence-electron chi connectivity index (χ1n) is 7.01. The van der Waals surface area contributed by atoms with E-state index in [4.69, 9.17) is 16.3 Å². The number of alkyl halides is 1. The molecule has 1 heterocycles. The van der Waals surface area contributed by atoms with Crippen LogP contribution in [0.4, 0.5) is 5.82 Å². The highest BCUT2D eigenvalue weighted by atomic mass is 35.5. The molecule has 0 saturated heterocycles. The zero-order chi connectivity index (χ0) is 15.2. The van der Waals surface area contributed by atoms with E-state index in [0.29, 0.717) is 11.9 Å². The summed E-state index contributed by atoms with van der Waals surface area (Å²) in [6, 6.07) is 12.5. The van der Waals surface area contributed by atoms with Gasteiger partial charge in [-0.15, -0.1) is 11.6 Å². The predicted octanol–water partition coefficient (Wildman–Crippen LogP) is 3.90. The standard InChI is InChI=1S/C17H21ClN2O/c1-13(10-15-6-4-5-7-16(15)21-3)20(2)17-9-8-14(11-18)12-19-17/h4-9,12-13H,10-11H2,1-3H3. The first kappa shape index (κ1) is 15.6. The highest BCUT2D eigenvalue weighted by Crippen LogP contribution is 2.22. The number of pyridine rings is 1. The van der Waals surface area contributed by atoms with Gasteiger partial charge in [-0.05, 0) is 36.6 Å². The first-order valence-corrected chi connectivity index (χ1v) is 7.54. The van der Waals surface area contributed by atoms with Crippen LogP contribution in [-0.2, 0) is 12.3 Å². The number of aromatic nitrogens is 1. The quantitative estimate of drug-likeness (QED) is 0.757. The van der Waals surface area contributed by atoms with Crippen LogP contribution in [0.3, 0.4) is 0 Å². The van der Waals surface area contributed by atoms with Crippen molar-refractivity contribution >= 4 is 17.4 Å². The van der Waals surface area contributed by atoms with Gasteiger partial charge >= 0.3 is 0 Å². The smallest absolute Gasteiger partial charge is 0.128 e. The lowest BCUT2D eigenvalue weighted by molar-refractivity contribution is 0.408. The number of halogens is 1. The van der Waals surface area contributed by atoms with Crippen LogP contribution in [0, 0.1) is 0 Å². The Labute approximate surface area is 131 Å². The zero-order valence-corrected chi connectivity index (χ0v) is 13.5. The van der Waals surface area contributed by atoms with Gasteiger partial charge in [0.15, 0.2) is 0 Å². The van der Waals surface area contributed by atoms with Crippen LogP contribution in [0.15, 0.2) is 42.6 Å². The minimum Gasteiger partial charge on any atom is -0.496 e. The summed E-state index contributed by atoms with van der Waals surface area (Å²) in [6.45, 7) is 2.18. The number of benzene rings is 1. The highest BCUT2D eigenvalue weighted by molar-refractivity contribution is 6.17. The van der Waals surface area contributed by atoms with Crippen LogP contribution >= 0.6 is 11.6 Å². The third-order valence-electron chi connectivity index (χ3n) is 3.69. The monoisotopic (exact) mass is 304 g/mol. The van der Waals surface area contributed by atoms with Crippen molar-refractivity contribution in [2.75, 3.05) is 19.1 Å². The van der Waals surface area contributed by atoms with Crippen molar-refractivity contribution in [3.63, 3.8) is 0 Å². The molecule has 0 amide bonds. The predicted molar refractivity (Wildman–Crippen MR) is 88.4 cm³/mol. The molecular formula is C17H21ClN2O. The van der Waals surface area contributed by atoms with E-state index in [-0.39, 0.29) is 0 Å². The Morgan fingerprint density at radius 3 is 2.62 bits per heavy atom. The van der Waals surface area contributed by atoms with Crippen molar-refractivity contribution in [2.24, 2.45) is 0 Å². The van der Waals surface area contributed by atoms with Gasteiger partial charge in [-0.25, -0.2) is 4.98 Å². The summed E-state index contributed by atoms with van der Waals surface area (Å²) >= 11 is 5.79. The molecule has 0 bridgehead atoms. The summed E-state index contributed by atoms with van der Waals surface area (Å²) in [7, 11) is 3.77. The van der Waals surface area contributed by atoms with Gasteiger partial charge in [-0.3, -0.25) is 0 Å². The Balaban J connectivity index is 2.09. The van der Waals surface area contributed by atoms with Gasteiger partial charge in [0.2, 0.25) is 0 Å². The lowest BCUT2D eigenvalue weighted by atomic mass is 10.1. The summed E-state index contributed by atoms with van der Waals surface area (Å²) in [5, 5.41) is 0. The number of nitrogens with zero attached hydrogens (tertiary/aromatic N) is 2. The largest absolute Gasteiger partial charge is 0.496 e. The number of methoxy groups -OCH3 is 1. The molecule has 112 valence electrons. The van der Waals surface area contributed by atoms with Gasteiger partial charge in [-0.2, -0.15) is 0 Å². The second kappa shape index (κ2) is 7.32. The van der Waals surface area contributed by atoms with E-state index in [1.165, 1.54) is 5.56 Å². The Bertz CT molecular complexity index is 571. The van der Waals surface area contributed by atoms with E-state index in [0.717, 1.165) is 23.6 Å². The summed E-state index contributed by atoms with van der Waals surface area (Å²) in [4.78, 5) is 6.64. The molecule has 0 N–H and O–H groups in total. The molecule has 1 aromatic carbocycles. The molecule has 2 rings (SSSR count). The van der Waals surface area contributed by atoms with E-state index in [2.05, 4.69) is 29.9 Å². The SMILES string of the molecule is COc1ccccc1CC(C)N(C)c1ccc(CCl)cn1. The molecule has 1 atom stereocenters. The maximum absolute atomic E-state index is 5.79. The topological polar surface area (TPSA) is 25.4 Å². The van der Waals surface area contributed by atoms with Gasteiger partial charge in [0.25, 0.3) is 0 Å². The number of hydrogen-bond acceptors (Lipinski definition) is 3. The molecule has 1 unspecified atom stereocenters. The van der Waals surface area contributed by atoms with Crippen LogP contribution in [0.1, 0.15) is 18.1 Å². The molecule has 2 aromatic rings. The van der Waals surface area contributed by atoms with E-state index >= 15 is 0 Å². The zero-order valence-electron chi connectivity index (χ0n) is 12.7. The van der Waals surface area contributed by atoms with Gasteiger partial charge in [0.1, 0.15) is 11.6 Å². The minimum atomic E-state index is 0.315. The van der Waals surface area contributed by atoms with E-state index < -0.39 is 0 Å². The maximum atomic E-state index is 5.79. The van der Waals surface area contributed by atoms with Crippen molar-refractivity contribution in [1.29, 1.82) is 0 Å². The van der Waals surface area contributed by atoms with Gasteiger partial charge in [0, 0.05) is 25.2 Å². The van der Waals surface area contributed by atoms with Crippen LogP contribution in [0.5, 0.6) is 5.75 Å². The molecule has 0 aliphatic heterocycles. The fraction of sp³-hybridized carbons (Fsp3) is 0.353. The van der Waals surface area contributed by atoms with Gasteiger partial charge < -0.3 is 9.64 Å². The molecule has 0 fully saturated rings. The summed E-state index contributed by atoms with van der Waals surface area (Å²) in [5.41, 5.74) is 2.24. The Hall–Kier alpha value is -1.74. The van der Waals surface area contributed by atoms with E-state index in [9.17, 15) is 0 Å². The molecule has 0 radical (unpaired) electrons. The Morgan fingerprint density at radius 2 is 2.00 bits per heavy atom. The van der Waals surface area contributed by atoms with Crippen molar-refractivity contribution in [2.45, 2.75) is 25.3 Å². The van der Waals surface area contributed by atoms with Crippen molar-refractivity contribution < 1.29 is 4.74 Å². The highest BCUT2D eigenvalue weighted by Gasteiger charge is 2.14. The number of rotatable bonds is 6. The fourth-order valence-electron chi connectivity index (χ4n) is 2.26. The first-order chi connectivity index (χ1) is 10.2. The van der Waals surface area contributed by atoms with E-state index in [1.54, 1.807) is 7.11 Å². The van der Waals surface area contributed by atoms with Crippen molar-refractivity contribution in [3.05, 3.63) is 53.7 Å². The van der Waals surface area contributed by atoms with Crippen molar-refractivity contribution in [3.8, 4) is 5.75 Å². The second-order valence-corrected chi connectivity index (χ2v) is 5.40. The number of ether oxygens (including phenoxy) is 1. The molecule has 3 nitrogen and oxygen atoms in total. The molecule has 21 heavy (non-hydrogen) atoms. The molecule has 0 aliphatic rings. The fourth-order valence-corrected chi connectivity index (χ4v) is 2.42. The lowest BCUT2D eigenvalue weighted by Crippen LogP contribution is -2.31. The average molecular weight is 305 g/mol. The normalized spacial score (nSPS) is 12.0. The van der Waals surface area contributed by atoms with Crippen LogP contribution in [0.25, 0.3) is 0 Å². The molecular weight excluding hydrogens is 284 g/mol. The lowest BCUT2D eigenvalue weighted by Gasteiger charge is -2.26. The third-order valence-corrected chi connectivity index (χ3v) is 4.00. The van der Waals surface area contributed by atoms with Crippen molar-refractivity contribution in [1.82, 2.24) is 4.98 Å². The number of anilines is 1. The Kier molecular flexibility index (Phi) is 5.45. The average Bonchev–Trinajstić information content (AvgIpc) is 2.54. The number of hydrogen-bond donors (Lipinski definition) is 0. The minimum absolute atomic E-state index is 0.315.